The summed E-state index contributed by atoms with van der Waals surface area (Å²) in [6, 6.07) is 11.0. The zero-order chi connectivity index (χ0) is 13.7. The van der Waals surface area contributed by atoms with Gasteiger partial charge in [-0.25, -0.2) is 0 Å². The average Bonchev–Trinajstić information content (AvgIpc) is 2.30. The summed E-state index contributed by atoms with van der Waals surface area (Å²) in [5.74, 6) is 0. The first-order valence-corrected chi connectivity index (χ1v) is 6.19. The molecule has 0 bridgehead atoms. The highest BCUT2D eigenvalue weighted by molar-refractivity contribution is 6.31. The molecule has 4 heteroatoms. The number of halogens is 2. The fourth-order valence-corrected chi connectivity index (χ4v) is 1.60. The molecule has 0 fully saturated rings. The maximum Gasteiger partial charge on any atom is 0.0455 e. The van der Waals surface area contributed by atoms with Crippen LogP contribution in [0.5, 0.6) is 0 Å². The number of nitrogens with two attached hydrogens (primary N) is 2. The lowest BCUT2D eigenvalue weighted by Crippen LogP contribution is -1.83. The van der Waals surface area contributed by atoms with E-state index < -0.39 is 0 Å². The van der Waals surface area contributed by atoms with E-state index in [9.17, 15) is 0 Å². The largest absolute Gasteiger partial charge is 0.399 e. The summed E-state index contributed by atoms with van der Waals surface area (Å²) in [5, 5.41) is 1.46. The van der Waals surface area contributed by atoms with Gasteiger partial charge in [-0.2, -0.15) is 0 Å². The van der Waals surface area contributed by atoms with Crippen molar-refractivity contribution >= 4 is 34.6 Å². The highest BCUT2D eigenvalue weighted by atomic mass is 35.5. The molecule has 0 amide bonds. The Morgan fingerprint density at radius 1 is 0.722 bits per heavy atom. The molecule has 0 unspecified atom stereocenters. The summed E-state index contributed by atoms with van der Waals surface area (Å²) >= 11 is 11.5. The Morgan fingerprint density at radius 3 is 1.28 bits per heavy atom. The van der Waals surface area contributed by atoms with E-state index in [2.05, 4.69) is 0 Å². The predicted octanol–water partition coefficient (Wildman–Crippen LogP) is 4.46. The van der Waals surface area contributed by atoms with Crippen molar-refractivity contribution < 1.29 is 0 Å². The van der Waals surface area contributed by atoms with Crippen molar-refractivity contribution in [1.29, 1.82) is 0 Å². The lowest BCUT2D eigenvalue weighted by atomic mass is 10.2. The van der Waals surface area contributed by atoms with Crippen LogP contribution in [0, 0.1) is 13.8 Å². The first kappa shape index (κ1) is 14.7. The summed E-state index contributed by atoms with van der Waals surface area (Å²) in [7, 11) is 0. The Balaban J connectivity index is 0.000000180. The van der Waals surface area contributed by atoms with Crippen LogP contribution in [-0.2, 0) is 0 Å². The summed E-state index contributed by atoms with van der Waals surface area (Å²) in [4.78, 5) is 0. The van der Waals surface area contributed by atoms with E-state index >= 15 is 0 Å². The van der Waals surface area contributed by atoms with Crippen molar-refractivity contribution in [2.45, 2.75) is 13.8 Å². The van der Waals surface area contributed by atoms with Crippen LogP contribution in [0.25, 0.3) is 0 Å². The molecule has 0 radical (unpaired) electrons. The van der Waals surface area contributed by atoms with Crippen molar-refractivity contribution in [2.75, 3.05) is 11.5 Å². The number of aryl methyl sites for hydroxylation is 2. The molecule has 2 rings (SSSR count). The normalized spacial score (nSPS) is 9.56. The van der Waals surface area contributed by atoms with Crippen LogP contribution < -0.4 is 11.5 Å². The smallest absolute Gasteiger partial charge is 0.0455 e. The Hall–Kier alpha value is -1.38. The highest BCUT2D eigenvalue weighted by Crippen LogP contribution is 2.17. The maximum absolute atomic E-state index is 5.73. The minimum Gasteiger partial charge on any atom is -0.399 e. The van der Waals surface area contributed by atoms with Crippen LogP contribution >= 0.6 is 23.2 Å². The van der Waals surface area contributed by atoms with Crippen molar-refractivity contribution in [2.24, 2.45) is 0 Å². The molecule has 2 aromatic carbocycles. The van der Waals surface area contributed by atoms with E-state index in [-0.39, 0.29) is 0 Å². The van der Waals surface area contributed by atoms with Crippen LogP contribution in [0.4, 0.5) is 11.4 Å². The van der Waals surface area contributed by atoms with Crippen LogP contribution in [0.2, 0.25) is 10.0 Å². The standard InChI is InChI=1S/2C7H8ClN/c2*1-5-2-3-6(9)4-7(5)8/h2*2-4H,9H2,1H3. The van der Waals surface area contributed by atoms with Gasteiger partial charge in [0.2, 0.25) is 0 Å². The SMILES string of the molecule is Cc1ccc(N)cc1Cl.Cc1ccc(N)cc1Cl. The molecule has 0 heterocycles. The molecule has 0 saturated carbocycles. The van der Waals surface area contributed by atoms with Crippen molar-refractivity contribution in [3.63, 3.8) is 0 Å². The van der Waals surface area contributed by atoms with Crippen LogP contribution in [0.1, 0.15) is 11.1 Å². The van der Waals surface area contributed by atoms with E-state index in [0.717, 1.165) is 21.2 Å². The number of nitrogen functional groups attached to an aromatic ring is 2. The van der Waals surface area contributed by atoms with E-state index in [1.54, 1.807) is 12.1 Å². The van der Waals surface area contributed by atoms with Gasteiger partial charge in [-0.05, 0) is 49.2 Å². The number of hydrogen-bond acceptors (Lipinski definition) is 2. The van der Waals surface area contributed by atoms with Gasteiger partial charge in [-0.15, -0.1) is 0 Å². The second kappa shape index (κ2) is 6.53. The molecule has 4 N–H and O–H groups in total. The summed E-state index contributed by atoms with van der Waals surface area (Å²) in [5.41, 5.74) is 14.4. The number of hydrogen-bond donors (Lipinski definition) is 2. The zero-order valence-electron chi connectivity index (χ0n) is 10.4. The Labute approximate surface area is 118 Å². The van der Waals surface area contributed by atoms with E-state index in [1.165, 1.54) is 0 Å². The molecule has 0 atom stereocenters. The predicted molar refractivity (Wildman–Crippen MR) is 81.2 cm³/mol. The molecule has 0 aromatic heterocycles. The Kier molecular flexibility index (Phi) is 5.32. The minimum atomic E-state index is 0.714. The van der Waals surface area contributed by atoms with Gasteiger partial charge < -0.3 is 11.5 Å². The second-order valence-electron chi connectivity index (χ2n) is 4.02. The van der Waals surface area contributed by atoms with Gasteiger partial charge in [-0.1, -0.05) is 35.3 Å². The van der Waals surface area contributed by atoms with Gasteiger partial charge in [0.25, 0.3) is 0 Å². The molecule has 0 aliphatic carbocycles. The van der Waals surface area contributed by atoms with E-state index in [4.69, 9.17) is 34.7 Å². The van der Waals surface area contributed by atoms with Crippen LogP contribution in [0.3, 0.4) is 0 Å². The molecule has 0 aliphatic heterocycles. The highest BCUT2D eigenvalue weighted by Gasteiger charge is 1.92. The van der Waals surface area contributed by atoms with Crippen LogP contribution in [0.15, 0.2) is 36.4 Å². The van der Waals surface area contributed by atoms with E-state index in [1.807, 2.05) is 38.1 Å². The van der Waals surface area contributed by atoms with Gasteiger partial charge in [0, 0.05) is 21.4 Å². The number of benzene rings is 2. The number of rotatable bonds is 0. The third-order valence-electron chi connectivity index (χ3n) is 2.39. The van der Waals surface area contributed by atoms with Gasteiger partial charge in [0.15, 0.2) is 0 Å². The first-order chi connectivity index (χ1) is 8.40. The van der Waals surface area contributed by atoms with Crippen molar-refractivity contribution in [3.8, 4) is 0 Å². The minimum absolute atomic E-state index is 0.714. The zero-order valence-corrected chi connectivity index (χ0v) is 11.9. The molecule has 0 saturated heterocycles. The topological polar surface area (TPSA) is 52.0 Å². The summed E-state index contributed by atoms with van der Waals surface area (Å²) in [6.07, 6.45) is 0. The molecule has 2 nitrogen and oxygen atoms in total. The monoisotopic (exact) mass is 282 g/mol. The maximum atomic E-state index is 5.73. The summed E-state index contributed by atoms with van der Waals surface area (Å²) in [6.45, 7) is 3.89. The average molecular weight is 283 g/mol. The lowest BCUT2D eigenvalue weighted by molar-refractivity contribution is 1.47. The third kappa shape index (κ3) is 4.47. The molecule has 18 heavy (non-hydrogen) atoms. The molecule has 0 spiro atoms. The quantitative estimate of drug-likeness (QED) is 0.701. The first-order valence-electron chi connectivity index (χ1n) is 5.43. The van der Waals surface area contributed by atoms with Gasteiger partial charge >= 0.3 is 0 Å². The van der Waals surface area contributed by atoms with Gasteiger partial charge in [0.1, 0.15) is 0 Å². The fraction of sp³-hybridized carbons (Fsp3) is 0.143. The summed E-state index contributed by atoms with van der Waals surface area (Å²) < 4.78 is 0. The van der Waals surface area contributed by atoms with Crippen molar-refractivity contribution in [1.82, 2.24) is 0 Å². The van der Waals surface area contributed by atoms with Crippen LogP contribution in [-0.4, -0.2) is 0 Å². The van der Waals surface area contributed by atoms with Gasteiger partial charge in [-0.3, -0.25) is 0 Å². The fourth-order valence-electron chi connectivity index (χ4n) is 1.22. The molecular formula is C14H16Cl2N2. The molecular weight excluding hydrogens is 267 g/mol. The van der Waals surface area contributed by atoms with E-state index in [0.29, 0.717) is 11.4 Å². The number of anilines is 2. The van der Waals surface area contributed by atoms with Crippen molar-refractivity contribution in [3.05, 3.63) is 57.6 Å². The second-order valence-corrected chi connectivity index (χ2v) is 4.83. The Bertz CT molecular complexity index is 490. The lowest BCUT2D eigenvalue weighted by Gasteiger charge is -1.96. The molecule has 0 aliphatic rings. The third-order valence-corrected chi connectivity index (χ3v) is 3.21. The Morgan fingerprint density at radius 2 is 1.06 bits per heavy atom. The van der Waals surface area contributed by atoms with Gasteiger partial charge in [0.05, 0.1) is 0 Å². The molecule has 96 valence electrons. The molecule has 2 aromatic rings.